The Balaban J connectivity index is -0.00000132. The highest BCUT2D eigenvalue weighted by Gasteiger charge is 2.19. The lowest BCUT2D eigenvalue weighted by Crippen LogP contribution is -2.40. The average Bonchev–Trinajstić information content (AvgIpc) is 3.10. The molecular formula is C41H81N4O4P. The lowest BCUT2D eigenvalue weighted by molar-refractivity contribution is -0.142. The maximum absolute atomic E-state index is 12.2. The topological polar surface area (TPSA) is 134 Å². The van der Waals surface area contributed by atoms with E-state index in [9.17, 15) is 19.5 Å². The third kappa shape index (κ3) is 42.0. The molecule has 0 saturated heterocycles. The molecule has 0 fully saturated rings. The Morgan fingerprint density at radius 1 is 0.760 bits per heavy atom. The van der Waals surface area contributed by atoms with E-state index in [0.29, 0.717) is 19.3 Å². The van der Waals surface area contributed by atoms with E-state index in [2.05, 4.69) is 44.9 Å². The molecule has 0 aromatic rings. The monoisotopic (exact) mass is 725 g/mol. The van der Waals surface area contributed by atoms with Crippen LogP contribution in [0.25, 0.3) is 0 Å². The van der Waals surface area contributed by atoms with E-state index in [0.717, 1.165) is 81.9 Å². The van der Waals surface area contributed by atoms with Gasteiger partial charge in [-0.1, -0.05) is 130 Å². The van der Waals surface area contributed by atoms with Gasteiger partial charge in [0.1, 0.15) is 6.04 Å². The van der Waals surface area contributed by atoms with Crippen LogP contribution in [0.4, 0.5) is 0 Å². The fraction of sp³-hybridized carbons (Fsp3) is 0.805. The van der Waals surface area contributed by atoms with Gasteiger partial charge in [-0.3, -0.25) is 9.59 Å². The summed E-state index contributed by atoms with van der Waals surface area (Å²) in [5.74, 6) is -1.12. The largest absolute Gasteiger partial charge is 0.480 e. The number of hydrogen-bond acceptors (Lipinski definition) is 5. The number of carbonyl (C=O) groups is 3. The summed E-state index contributed by atoms with van der Waals surface area (Å²) in [6.07, 6.45) is 30.7. The third-order valence-electron chi connectivity index (χ3n) is 8.56. The summed E-state index contributed by atoms with van der Waals surface area (Å²) >= 11 is 0. The van der Waals surface area contributed by atoms with Crippen molar-refractivity contribution in [1.29, 1.82) is 0 Å². The Morgan fingerprint density at radius 2 is 1.26 bits per heavy atom. The lowest BCUT2D eigenvalue weighted by Gasteiger charge is -2.16. The minimum absolute atomic E-state index is 0.137. The Hall–Kier alpha value is -2.18. The van der Waals surface area contributed by atoms with Crippen LogP contribution >= 0.6 is 8.86 Å². The zero-order chi connectivity index (χ0) is 38.1. The molecule has 0 aliphatic rings. The number of unbranched alkanes of at least 4 members (excludes halogenated alkanes) is 18. The molecule has 0 radical (unpaired) electrons. The van der Waals surface area contributed by atoms with Crippen LogP contribution in [0.2, 0.25) is 0 Å². The smallest absolute Gasteiger partial charge is 0.326 e. The van der Waals surface area contributed by atoms with Crippen molar-refractivity contribution in [3.63, 3.8) is 0 Å². The second kappa shape index (κ2) is 43.0. The standard InChI is InChI=1S/C31H58N2O3.C8H17N2OP.C2H6/c1-4-6-8-10-11-12-13-14-15-16-17-18-19-20-21-22-24-30(34)33-29(31(35)36)26-25-28(3)32-27-23-9-7-5-2;1-7(12)8(9)4-2-3-5-10-6-11;1-2/h4,29,32H,1,3,5-27H2,2H3,(H,33,34)(H,35,36);6,8,12H,2-5,9H2,1H3,(H,10,11);1-2H3. The van der Waals surface area contributed by atoms with E-state index in [4.69, 9.17) is 5.73 Å². The first-order valence-electron chi connectivity index (χ1n) is 20.2. The number of hydrogen-bond donors (Lipinski definition) is 5. The lowest BCUT2D eigenvalue weighted by atomic mass is 10.0. The van der Waals surface area contributed by atoms with Gasteiger partial charge >= 0.3 is 5.97 Å². The van der Waals surface area contributed by atoms with E-state index in [-0.39, 0.29) is 11.9 Å². The summed E-state index contributed by atoms with van der Waals surface area (Å²) in [4.78, 5) is 33.6. The summed E-state index contributed by atoms with van der Waals surface area (Å²) in [6, 6.07) is -0.703. The van der Waals surface area contributed by atoms with Crippen LogP contribution in [0.1, 0.15) is 188 Å². The highest BCUT2D eigenvalue weighted by molar-refractivity contribution is 7.21. The average molecular weight is 725 g/mol. The van der Waals surface area contributed by atoms with Gasteiger partial charge in [-0.05, 0) is 70.0 Å². The molecule has 6 N–H and O–H groups in total. The van der Waals surface area contributed by atoms with E-state index in [1.54, 1.807) is 0 Å². The molecule has 294 valence electrons. The highest BCUT2D eigenvalue weighted by Crippen LogP contribution is 2.14. The predicted molar refractivity (Wildman–Crippen MR) is 220 cm³/mol. The van der Waals surface area contributed by atoms with Crippen LogP contribution in [0.5, 0.6) is 0 Å². The van der Waals surface area contributed by atoms with Crippen molar-refractivity contribution >= 4 is 32.4 Å². The van der Waals surface area contributed by atoms with Crippen LogP contribution in [-0.2, 0) is 14.4 Å². The van der Waals surface area contributed by atoms with Gasteiger partial charge in [0.25, 0.3) is 0 Å². The number of rotatable bonds is 35. The molecule has 0 aromatic carbocycles. The Labute approximate surface area is 311 Å². The molecule has 9 heteroatoms. The van der Waals surface area contributed by atoms with Gasteiger partial charge < -0.3 is 26.8 Å². The minimum Gasteiger partial charge on any atom is -0.480 e. The Bertz CT molecular complexity index is 824. The maximum Gasteiger partial charge on any atom is 0.326 e. The van der Waals surface area contributed by atoms with Crippen molar-refractivity contribution in [3.8, 4) is 0 Å². The van der Waals surface area contributed by atoms with Crippen molar-refractivity contribution in [1.82, 2.24) is 16.0 Å². The van der Waals surface area contributed by atoms with Crippen molar-refractivity contribution in [3.05, 3.63) is 24.9 Å². The normalized spacial score (nSPS) is 11.5. The van der Waals surface area contributed by atoms with Crippen LogP contribution < -0.4 is 21.7 Å². The number of nitrogens with one attached hydrogen (secondary N) is 3. The second-order valence-electron chi connectivity index (χ2n) is 13.2. The van der Waals surface area contributed by atoms with Crippen molar-refractivity contribution in [2.45, 2.75) is 200 Å². The first-order valence-corrected chi connectivity index (χ1v) is 20.7. The number of aliphatic carboxylic acids is 1. The zero-order valence-corrected chi connectivity index (χ0v) is 34.1. The summed E-state index contributed by atoms with van der Waals surface area (Å²) in [6.45, 7) is 17.5. The Kier molecular flexibility index (Phi) is 44.9. The van der Waals surface area contributed by atoms with E-state index in [1.165, 1.54) is 89.9 Å². The van der Waals surface area contributed by atoms with E-state index >= 15 is 0 Å². The van der Waals surface area contributed by atoms with Gasteiger partial charge in [0.2, 0.25) is 12.3 Å². The zero-order valence-electron chi connectivity index (χ0n) is 33.1. The number of amides is 2. The molecule has 0 bridgehead atoms. The fourth-order valence-electron chi connectivity index (χ4n) is 5.31. The summed E-state index contributed by atoms with van der Waals surface area (Å²) in [5.41, 5.74) is 6.60. The molecule has 0 aliphatic heterocycles. The molecule has 50 heavy (non-hydrogen) atoms. The fourth-order valence-corrected chi connectivity index (χ4v) is 5.45. The van der Waals surface area contributed by atoms with Crippen molar-refractivity contribution in [2.75, 3.05) is 13.1 Å². The third-order valence-corrected chi connectivity index (χ3v) is 8.93. The van der Waals surface area contributed by atoms with Crippen LogP contribution in [0, 0.1) is 0 Å². The van der Waals surface area contributed by atoms with Gasteiger partial charge in [-0.15, -0.1) is 15.4 Å². The second-order valence-corrected chi connectivity index (χ2v) is 14.0. The number of nitrogens with two attached hydrogens (primary N) is 1. The number of carbonyl (C=O) groups excluding carboxylic acids is 2. The van der Waals surface area contributed by atoms with Crippen molar-refractivity contribution in [2.24, 2.45) is 5.73 Å². The number of carboxylic acid groups (broad SMARTS) is 1. The molecule has 2 unspecified atom stereocenters. The summed E-state index contributed by atoms with van der Waals surface area (Å²) in [5, 5.41) is 19.1. The van der Waals surface area contributed by atoms with Gasteiger partial charge in [-0.25, -0.2) is 4.79 Å². The van der Waals surface area contributed by atoms with Crippen LogP contribution in [0.3, 0.4) is 0 Å². The summed E-state index contributed by atoms with van der Waals surface area (Å²) < 4.78 is 0. The molecular weight excluding hydrogens is 643 g/mol. The maximum atomic E-state index is 12.2. The quantitative estimate of drug-likeness (QED) is 0.0191. The molecule has 2 amide bonds. The molecule has 0 rings (SSSR count). The van der Waals surface area contributed by atoms with E-state index in [1.807, 2.05) is 26.8 Å². The Morgan fingerprint density at radius 3 is 1.74 bits per heavy atom. The SMILES string of the molecule is C=CCCCCCCCCCCCCCCCCC(=O)NC(CCC(=C)NCCCCCC)C(=O)O.CC.CC(=P)C(N)CCCCNC=O. The summed E-state index contributed by atoms with van der Waals surface area (Å²) in [7, 11) is 3.39. The molecule has 0 saturated carbocycles. The van der Waals surface area contributed by atoms with Gasteiger partial charge in [0.05, 0.1) is 0 Å². The first-order chi connectivity index (χ1) is 24.2. The molecule has 0 spiro atoms. The van der Waals surface area contributed by atoms with Crippen molar-refractivity contribution < 1.29 is 19.5 Å². The minimum atomic E-state index is -0.970. The highest BCUT2D eigenvalue weighted by atomic mass is 31.0. The van der Waals surface area contributed by atoms with Gasteiger partial charge in [0.15, 0.2) is 0 Å². The predicted octanol–water partition coefficient (Wildman–Crippen LogP) is 10.0. The number of allylic oxidation sites excluding steroid dienone is 2. The van der Waals surface area contributed by atoms with E-state index < -0.39 is 12.0 Å². The molecule has 0 aliphatic carbocycles. The molecule has 8 nitrogen and oxygen atoms in total. The molecule has 0 aromatic heterocycles. The molecule has 0 heterocycles. The van der Waals surface area contributed by atoms with Gasteiger partial charge in [0, 0.05) is 31.2 Å². The van der Waals surface area contributed by atoms with Gasteiger partial charge in [-0.2, -0.15) is 0 Å². The first kappa shape index (κ1) is 52.2. The van der Waals surface area contributed by atoms with Crippen LogP contribution in [-0.4, -0.2) is 53.9 Å². The molecule has 2 atom stereocenters. The van der Waals surface area contributed by atoms with Crippen LogP contribution in [0.15, 0.2) is 24.9 Å². The number of carboxylic acids is 1.